The van der Waals surface area contributed by atoms with Gasteiger partial charge in [-0.05, 0) is 49.1 Å². The number of hydrogen-bond acceptors (Lipinski definition) is 5. The number of nitrogens with zero attached hydrogens (tertiary/aromatic N) is 3. The van der Waals surface area contributed by atoms with Crippen LogP contribution < -0.4 is 5.56 Å². The number of aromatic nitrogens is 1. The number of aliphatic hydroxyl groups is 2. The minimum Gasteiger partial charge on any atom is -0.396 e. The molecule has 1 aromatic heterocycles. The van der Waals surface area contributed by atoms with Gasteiger partial charge in [-0.1, -0.05) is 60.7 Å². The maximum absolute atomic E-state index is 13.7. The third-order valence-corrected chi connectivity index (χ3v) is 8.58. The summed E-state index contributed by atoms with van der Waals surface area (Å²) >= 11 is 0. The average molecular weight is 558 g/mol. The molecule has 0 saturated carbocycles. The smallest absolute Gasteiger partial charge is 0.255 e. The Hall–Kier alpha value is -3.75. The first-order valence-corrected chi connectivity index (χ1v) is 14.6. The van der Waals surface area contributed by atoms with E-state index in [0.717, 1.165) is 24.0 Å². The van der Waals surface area contributed by atoms with Gasteiger partial charge in [0.05, 0.1) is 17.7 Å². The first kappa shape index (κ1) is 28.8. The molecule has 2 aliphatic rings. The fraction of sp³-hybridized carbons (Fsp3) is 0.424. The number of aryl methyl sites for hydroxylation is 1. The third kappa shape index (κ3) is 6.94. The molecule has 0 atom stereocenters. The molecule has 0 bridgehead atoms. The van der Waals surface area contributed by atoms with Crippen LogP contribution in [0.3, 0.4) is 0 Å². The molecule has 2 fully saturated rings. The zero-order valence-electron chi connectivity index (χ0n) is 23.5. The van der Waals surface area contributed by atoms with E-state index in [4.69, 9.17) is 0 Å². The minimum absolute atomic E-state index is 0.0554. The molecule has 2 N–H and O–H groups in total. The van der Waals surface area contributed by atoms with Crippen molar-refractivity contribution < 1.29 is 19.8 Å². The molecule has 41 heavy (non-hydrogen) atoms. The van der Waals surface area contributed by atoms with E-state index in [9.17, 15) is 24.6 Å². The van der Waals surface area contributed by atoms with E-state index in [1.807, 2.05) is 60.7 Å². The highest BCUT2D eigenvalue weighted by atomic mass is 16.3. The molecule has 5 rings (SSSR count). The number of piperidine rings is 2. The first-order chi connectivity index (χ1) is 19.8. The van der Waals surface area contributed by atoms with Gasteiger partial charge in [0, 0.05) is 57.0 Å². The predicted molar refractivity (Wildman–Crippen MR) is 157 cm³/mol. The molecule has 0 radical (unpaired) electrons. The van der Waals surface area contributed by atoms with Gasteiger partial charge in [0.2, 0.25) is 5.91 Å². The summed E-state index contributed by atoms with van der Waals surface area (Å²) in [6.07, 6.45) is 4.89. The number of rotatable bonds is 8. The van der Waals surface area contributed by atoms with Crippen molar-refractivity contribution in [2.45, 2.75) is 50.7 Å². The van der Waals surface area contributed by atoms with Crippen molar-refractivity contribution in [3.63, 3.8) is 0 Å². The molecule has 3 aromatic rings. The van der Waals surface area contributed by atoms with Gasteiger partial charge in [-0.3, -0.25) is 14.4 Å². The summed E-state index contributed by atoms with van der Waals surface area (Å²) in [5.74, 6) is 0.116. The molecule has 0 aliphatic carbocycles. The second-order valence-corrected chi connectivity index (χ2v) is 11.4. The zero-order valence-corrected chi connectivity index (χ0v) is 23.5. The Bertz CT molecular complexity index is 1390. The molecular weight excluding hydrogens is 518 g/mol. The Kier molecular flexibility index (Phi) is 9.00. The lowest BCUT2D eigenvalue weighted by atomic mass is 9.90. The number of benzene rings is 2. The molecule has 0 spiro atoms. The van der Waals surface area contributed by atoms with E-state index in [0.29, 0.717) is 63.0 Å². The van der Waals surface area contributed by atoms with E-state index >= 15 is 0 Å². The Balaban J connectivity index is 1.30. The summed E-state index contributed by atoms with van der Waals surface area (Å²) in [6.45, 7) is 2.13. The van der Waals surface area contributed by atoms with E-state index in [1.54, 1.807) is 16.0 Å². The van der Waals surface area contributed by atoms with Gasteiger partial charge in [-0.15, -0.1) is 0 Å². The van der Waals surface area contributed by atoms with Crippen LogP contribution in [-0.2, 0) is 17.8 Å². The second-order valence-electron chi connectivity index (χ2n) is 11.4. The van der Waals surface area contributed by atoms with Gasteiger partial charge < -0.3 is 24.6 Å². The summed E-state index contributed by atoms with van der Waals surface area (Å²) in [4.78, 5) is 43.4. The van der Waals surface area contributed by atoms with Crippen molar-refractivity contribution in [2.75, 3.05) is 32.8 Å². The van der Waals surface area contributed by atoms with Crippen LogP contribution >= 0.6 is 0 Å². The lowest BCUT2D eigenvalue weighted by Crippen LogP contribution is -2.49. The molecule has 216 valence electrons. The average Bonchev–Trinajstić information content (AvgIpc) is 3.01. The van der Waals surface area contributed by atoms with Gasteiger partial charge >= 0.3 is 0 Å². The lowest BCUT2D eigenvalue weighted by molar-refractivity contribution is -0.135. The Labute approximate surface area is 240 Å². The van der Waals surface area contributed by atoms with Gasteiger partial charge in [-0.2, -0.15) is 0 Å². The molecule has 2 aromatic carbocycles. The molecule has 8 nitrogen and oxygen atoms in total. The summed E-state index contributed by atoms with van der Waals surface area (Å²) < 4.78 is 1.45. The van der Waals surface area contributed by atoms with Crippen molar-refractivity contribution in [1.82, 2.24) is 14.4 Å². The number of hydrogen-bond donors (Lipinski definition) is 2. The van der Waals surface area contributed by atoms with Crippen molar-refractivity contribution in [2.24, 2.45) is 5.92 Å². The molecule has 2 amide bonds. The standard InChI is InChI=1S/C33H39N3O5/c37-23-26-13-17-35(18-14-26)32(40)29-22-36(31(39)21-28(29)27-9-5-2-6-10-27)24-33(41)15-19-34(20-16-33)30(38)12-11-25-7-3-1-4-8-25/h1-10,21-22,26,37,41H,11-20,23-24H2. The third-order valence-electron chi connectivity index (χ3n) is 8.58. The molecular formula is C33H39N3O5. The number of carbonyl (C=O) groups is 2. The second kappa shape index (κ2) is 12.8. The van der Waals surface area contributed by atoms with Gasteiger partial charge in [-0.25, -0.2) is 0 Å². The highest BCUT2D eigenvalue weighted by Gasteiger charge is 2.35. The van der Waals surface area contributed by atoms with E-state index in [-0.39, 0.29) is 36.4 Å². The first-order valence-electron chi connectivity index (χ1n) is 14.6. The molecule has 8 heteroatoms. The number of amides is 2. The Morgan fingerprint density at radius 2 is 1.51 bits per heavy atom. The Morgan fingerprint density at radius 3 is 2.15 bits per heavy atom. The highest BCUT2D eigenvalue weighted by molar-refractivity contribution is 6.00. The Morgan fingerprint density at radius 1 is 0.878 bits per heavy atom. The molecule has 2 saturated heterocycles. The number of pyridine rings is 1. The monoisotopic (exact) mass is 557 g/mol. The quantitative estimate of drug-likeness (QED) is 0.442. The largest absolute Gasteiger partial charge is 0.396 e. The summed E-state index contributed by atoms with van der Waals surface area (Å²) in [7, 11) is 0. The van der Waals surface area contributed by atoms with Crippen molar-refractivity contribution in [1.29, 1.82) is 0 Å². The molecule has 2 aliphatic heterocycles. The molecule has 0 unspecified atom stereocenters. The van der Waals surface area contributed by atoms with Crippen LogP contribution in [-0.4, -0.2) is 74.8 Å². The normalized spacial score (nSPS) is 17.4. The topological polar surface area (TPSA) is 103 Å². The summed E-state index contributed by atoms with van der Waals surface area (Å²) in [5, 5.41) is 21.0. The lowest BCUT2D eigenvalue weighted by Gasteiger charge is -2.38. The van der Waals surface area contributed by atoms with Crippen LogP contribution in [0.25, 0.3) is 11.1 Å². The zero-order chi connectivity index (χ0) is 28.8. The van der Waals surface area contributed by atoms with Crippen LogP contribution in [0.1, 0.15) is 48.0 Å². The van der Waals surface area contributed by atoms with Gasteiger partial charge in [0.25, 0.3) is 11.5 Å². The van der Waals surface area contributed by atoms with Crippen LogP contribution in [0.4, 0.5) is 0 Å². The van der Waals surface area contributed by atoms with Crippen molar-refractivity contribution in [3.05, 3.63) is 94.4 Å². The molecule has 3 heterocycles. The summed E-state index contributed by atoms with van der Waals surface area (Å²) in [6, 6.07) is 20.8. The maximum atomic E-state index is 13.7. The summed E-state index contributed by atoms with van der Waals surface area (Å²) in [5.41, 5.74) is 1.47. The van der Waals surface area contributed by atoms with E-state index < -0.39 is 5.60 Å². The number of likely N-dealkylation sites (tertiary alicyclic amines) is 2. The fourth-order valence-electron chi connectivity index (χ4n) is 5.91. The predicted octanol–water partition coefficient (Wildman–Crippen LogP) is 3.35. The fourth-order valence-corrected chi connectivity index (χ4v) is 5.91. The SMILES string of the molecule is O=C(CCc1ccccc1)N1CCC(O)(Cn2cc(C(=O)N3CCC(CO)CC3)c(-c3ccccc3)cc2=O)CC1. The van der Waals surface area contributed by atoms with Crippen molar-refractivity contribution in [3.8, 4) is 11.1 Å². The maximum Gasteiger partial charge on any atom is 0.255 e. The van der Waals surface area contributed by atoms with E-state index in [1.165, 1.54) is 10.6 Å². The van der Waals surface area contributed by atoms with Crippen molar-refractivity contribution >= 4 is 11.8 Å². The van der Waals surface area contributed by atoms with Crippen LogP contribution in [0.15, 0.2) is 77.7 Å². The minimum atomic E-state index is -1.16. The number of carbonyl (C=O) groups excluding carboxylic acids is 2. The highest BCUT2D eigenvalue weighted by Crippen LogP contribution is 2.28. The van der Waals surface area contributed by atoms with Crippen LogP contribution in [0.2, 0.25) is 0 Å². The van der Waals surface area contributed by atoms with E-state index in [2.05, 4.69) is 0 Å². The van der Waals surface area contributed by atoms with Crippen LogP contribution in [0, 0.1) is 5.92 Å². The van der Waals surface area contributed by atoms with Gasteiger partial charge in [0.15, 0.2) is 0 Å². The van der Waals surface area contributed by atoms with Gasteiger partial charge in [0.1, 0.15) is 0 Å². The number of aliphatic hydroxyl groups excluding tert-OH is 1. The van der Waals surface area contributed by atoms with Crippen LogP contribution in [0.5, 0.6) is 0 Å².